The second-order valence-corrected chi connectivity index (χ2v) is 5.70. The number of halogens is 3. The molecule has 2 nitrogen and oxygen atoms in total. The first-order valence-electron chi connectivity index (χ1n) is 6.89. The van der Waals surface area contributed by atoms with Gasteiger partial charge in [0.05, 0.1) is 21.8 Å². The van der Waals surface area contributed by atoms with Crippen LogP contribution in [0.25, 0.3) is 0 Å². The average Bonchev–Trinajstić information content (AvgIpc) is 2.48. The van der Waals surface area contributed by atoms with Crippen LogP contribution in [0.3, 0.4) is 0 Å². The van der Waals surface area contributed by atoms with Gasteiger partial charge in [0.1, 0.15) is 5.82 Å². The maximum atomic E-state index is 13.2. The summed E-state index contributed by atoms with van der Waals surface area (Å²) in [5, 5.41) is 4.20. The van der Waals surface area contributed by atoms with Crippen molar-refractivity contribution in [3.05, 3.63) is 63.6 Å². The number of pyridine rings is 1. The third-order valence-electron chi connectivity index (χ3n) is 3.17. The van der Waals surface area contributed by atoms with Crippen LogP contribution in [0.2, 0.25) is 10.0 Å². The van der Waals surface area contributed by atoms with Gasteiger partial charge in [-0.25, -0.2) is 4.39 Å². The van der Waals surface area contributed by atoms with Crippen molar-refractivity contribution in [3.8, 4) is 0 Å². The molecule has 5 heteroatoms. The molecule has 0 aliphatic carbocycles. The Morgan fingerprint density at radius 3 is 2.67 bits per heavy atom. The quantitative estimate of drug-likeness (QED) is 0.823. The Balaban J connectivity index is 2.19. The van der Waals surface area contributed by atoms with Crippen LogP contribution in [0.5, 0.6) is 0 Å². The number of rotatable bonds is 6. The number of benzene rings is 1. The van der Waals surface area contributed by atoms with Crippen molar-refractivity contribution in [2.75, 3.05) is 6.54 Å². The molecule has 21 heavy (non-hydrogen) atoms. The molecular formula is C16H17Cl2FN2. The van der Waals surface area contributed by atoms with Gasteiger partial charge < -0.3 is 5.32 Å². The van der Waals surface area contributed by atoms with Crippen LogP contribution in [0.4, 0.5) is 4.39 Å². The first-order valence-corrected chi connectivity index (χ1v) is 7.64. The molecule has 1 N–H and O–H groups in total. The summed E-state index contributed by atoms with van der Waals surface area (Å²) >= 11 is 11.7. The molecular weight excluding hydrogens is 310 g/mol. The maximum absolute atomic E-state index is 13.2. The maximum Gasteiger partial charge on any atom is 0.141 e. The van der Waals surface area contributed by atoms with Crippen LogP contribution < -0.4 is 5.32 Å². The van der Waals surface area contributed by atoms with Gasteiger partial charge in [-0.2, -0.15) is 0 Å². The fourth-order valence-corrected chi connectivity index (χ4v) is 2.41. The summed E-state index contributed by atoms with van der Waals surface area (Å²) in [6.45, 7) is 2.98. The van der Waals surface area contributed by atoms with E-state index < -0.39 is 5.82 Å². The number of nitrogens with one attached hydrogen (secondary N) is 1. The second kappa shape index (κ2) is 7.74. The first kappa shape index (κ1) is 16.2. The van der Waals surface area contributed by atoms with E-state index in [0.29, 0.717) is 11.4 Å². The van der Waals surface area contributed by atoms with Crippen molar-refractivity contribution >= 4 is 23.2 Å². The van der Waals surface area contributed by atoms with Crippen LogP contribution in [-0.2, 0) is 6.42 Å². The van der Waals surface area contributed by atoms with Crippen molar-refractivity contribution in [3.63, 3.8) is 0 Å². The lowest BCUT2D eigenvalue weighted by Gasteiger charge is -2.18. The normalized spacial score (nSPS) is 12.4. The number of hydrogen-bond acceptors (Lipinski definition) is 2. The summed E-state index contributed by atoms with van der Waals surface area (Å²) in [6, 6.07) is 8.57. The summed E-state index contributed by atoms with van der Waals surface area (Å²) < 4.78 is 13.2. The van der Waals surface area contributed by atoms with E-state index in [0.717, 1.165) is 24.2 Å². The van der Waals surface area contributed by atoms with E-state index >= 15 is 0 Å². The summed E-state index contributed by atoms with van der Waals surface area (Å²) in [4.78, 5) is 4.37. The zero-order chi connectivity index (χ0) is 15.2. The van der Waals surface area contributed by atoms with E-state index in [1.165, 1.54) is 6.07 Å². The van der Waals surface area contributed by atoms with Crippen LogP contribution in [0.15, 0.2) is 36.5 Å². The largest absolute Gasteiger partial charge is 0.308 e. The van der Waals surface area contributed by atoms with Crippen LogP contribution >= 0.6 is 23.2 Å². The van der Waals surface area contributed by atoms with Gasteiger partial charge in [0.25, 0.3) is 0 Å². The van der Waals surface area contributed by atoms with E-state index in [1.807, 2.05) is 12.1 Å². The minimum atomic E-state index is -0.400. The highest BCUT2D eigenvalue weighted by atomic mass is 35.5. The highest BCUT2D eigenvalue weighted by Crippen LogP contribution is 2.22. The predicted molar refractivity (Wildman–Crippen MR) is 85.4 cm³/mol. The predicted octanol–water partition coefficient (Wildman–Crippen LogP) is 4.81. The molecule has 1 unspecified atom stereocenters. The minimum absolute atomic E-state index is 0.0451. The highest BCUT2D eigenvalue weighted by molar-refractivity contribution is 6.30. The zero-order valence-electron chi connectivity index (χ0n) is 11.7. The van der Waals surface area contributed by atoms with Crippen molar-refractivity contribution < 1.29 is 4.39 Å². The van der Waals surface area contributed by atoms with E-state index in [2.05, 4.69) is 17.2 Å². The molecule has 0 radical (unpaired) electrons. The third-order valence-corrected chi connectivity index (χ3v) is 3.69. The van der Waals surface area contributed by atoms with Crippen LogP contribution in [0, 0.1) is 5.82 Å². The molecule has 2 rings (SSSR count). The molecule has 1 aromatic heterocycles. The lowest BCUT2D eigenvalue weighted by molar-refractivity contribution is 0.517. The number of hydrogen-bond donors (Lipinski definition) is 1. The molecule has 1 atom stereocenters. The zero-order valence-corrected chi connectivity index (χ0v) is 13.3. The fourth-order valence-electron chi connectivity index (χ4n) is 2.10. The summed E-state index contributed by atoms with van der Waals surface area (Å²) in [5.41, 5.74) is 1.88. The molecule has 0 saturated carbocycles. The Bertz CT molecular complexity index is 587. The van der Waals surface area contributed by atoms with Gasteiger partial charge in [-0.3, -0.25) is 4.98 Å². The monoisotopic (exact) mass is 326 g/mol. The van der Waals surface area contributed by atoms with Gasteiger partial charge in [-0.1, -0.05) is 36.2 Å². The molecule has 1 heterocycles. The standard InChI is InChI=1S/C16H17Cl2FN2/c1-2-7-20-16(15-6-4-12(17)10-21-15)9-11-3-5-14(19)13(18)8-11/h3-6,8,10,16,20H,2,7,9H2,1H3. The van der Waals surface area contributed by atoms with Crippen molar-refractivity contribution in [1.82, 2.24) is 10.3 Å². The van der Waals surface area contributed by atoms with Crippen molar-refractivity contribution in [2.45, 2.75) is 25.8 Å². The smallest absolute Gasteiger partial charge is 0.141 e. The lowest BCUT2D eigenvalue weighted by atomic mass is 10.0. The second-order valence-electron chi connectivity index (χ2n) is 4.86. The fraction of sp³-hybridized carbons (Fsp3) is 0.312. The minimum Gasteiger partial charge on any atom is -0.308 e. The third kappa shape index (κ3) is 4.67. The van der Waals surface area contributed by atoms with Crippen LogP contribution in [-0.4, -0.2) is 11.5 Å². The first-order chi connectivity index (χ1) is 10.1. The molecule has 0 fully saturated rings. The molecule has 0 aliphatic heterocycles. The van der Waals surface area contributed by atoms with Crippen LogP contribution in [0.1, 0.15) is 30.6 Å². The Morgan fingerprint density at radius 2 is 2.05 bits per heavy atom. The highest BCUT2D eigenvalue weighted by Gasteiger charge is 2.14. The van der Waals surface area contributed by atoms with Crippen molar-refractivity contribution in [2.24, 2.45) is 0 Å². The molecule has 0 bridgehead atoms. The Labute approximate surface area is 134 Å². The molecule has 2 aromatic rings. The molecule has 1 aromatic carbocycles. The molecule has 0 aliphatic rings. The van der Waals surface area contributed by atoms with E-state index in [-0.39, 0.29) is 11.1 Å². The van der Waals surface area contributed by atoms with Gasteiger partial charge in [-0.05, 0) is 49.2 Å². The van der Waals surface area contributed by atoms with E-state index in [9.17, 15) is 4.39 Å². The van der Waals surface area contributed by atoms with Gasteiger partial charge in [-0.15, -0.1) is 0 Å². The van der Waals surface area contributed by atoms with Gasteiger partial charge >= 0.3 is 0 Å². The summed E-state index contributed by atoms with van der Waals surface area (Å²) in [5.74, 6) is -0.400. The lowest BCUT2D eigenvalue weighted by Crippen LogP contribution is -2.25. The summed E-state index contributed by atoms with van der Waals surface area (Å²) in [6.07, 6.45) is 3.35. The van der Waals surface area contributed by atoms with E-state index in [1.54, 1.807) is 18.3 Å². The SMILES string of the molecule is CCCNC(Cc1ccc(F)c(Cl)c1)c1ccc(Cl)cn1. The Kier molecular flexibility index (Phi) is 5.97. The van der Waals surface area contributed by atoms with Gasteiger partial charge in [0, 0.05) is 6.20 Å². The van der Waals surface area contributed by atoms with E-state index in [4.69, 9.17) is 23.2 Å². The van der Waals surface area contributed by atoms with Crippen molar-refractivity contribution in [1.29, 1.82) is 0 Å². The molecule has 0 amide bonds. The molecule has 0 saturated heterocycles. The number of aromatic nitrogens is 1. The van der Waals surface area contributed by atoms with Gasteiger partial charge in [0.2, 0.25) is 0 Å². The number of nitrogens with zero attached hydrogens (tertiary/aromatic N) is 1. The molecule has 112 valence electrons. The molecule has 0 spiro atoms. The Hall–Kier alpha value is -1.16. The summed E-state index contributed by atoms with van der Waals surface area (Å²) in [7, 11) is 0. The van der Waals surface area contributed by atoms with Gasteiger partial charge in [0.15, 0.2) is 0 Å². The average molecular weight is 327 g/mol. The Morgan fingerprint density at radius 1 is 1.24 bits per heavy atom. The topological polar surface area (TPSA) is 24.9 Å².